The summed E-state index contributed by atoms with van der Waals surface area (Å²) in [5.74, 6) is 0.762. The molecule has 0 saturated heterocycles. The molecule has 3 amide bonds. The van der Waals surface area contributed by atoms with Crippen LogP contribution in [0, 0.1) is 5.92 Å². The molecule has 1 fully saturated rings. The molecular weight excluding hydrogens is 256 g/mol. The van der Waals surface area contributed by atoms with Gasteiger partial charge in [0.1, 0.15) is 0 Å². The predicted molar refractivity (Wildman–Crippen MR) is 77.1 cm³/mol. The van der Waals surface area contributed by atoms with E-state index >= 15 is 0 Å². The number of rotatable bonds is 7. The molecule has 0 spiro atoms. The van der Waals surface area contributed by atoms with E-state index in [0.29, 0.717) is 18.8 Å². The van der Waals surface area contributed by atoms with Crippen molar-refractivity contribution in [1.29, 1.82) is 0 Å². The van der Waals surface area contributed by atoms with Crippen LogP contribution in [0.5, 0.6) is 0 Å². The zero-order chi connectivity index (χ0) is 14.4. The molecule has 108 valence electrons. The zero-order valence-electron chi connectivity index (χ0n) is 11.3. The highest BCUT2D eigenvalue weighted by Gasteiger charge is 2.20. The fourth-order valence-electron chi connectivity index (χ4n) is 1.82. The van der Waals surface area contributed by atoms with E-state index in [0.717, 1.165) is 18.0 Å². The van der Waals surface area contributed by atoms with Crippen molar-refractivity contribution < 1.29 is 9.59 Å². The van der Waals surface area contributed by atoms with Crippen molar-refractivity contribution >= 4 is 17.6 Å². The maximum atomic E-state index is 11.6. The number of amides is 3. The van der Waals surface area contributed by atoms with Crippen LogP contribution in [-0.4, -0.2) is 25.0 Å². The van der Waals surface area contributed by atoms with Crippen molar-refractivity contribution in [1.82, 2.24) is 10.6 Å². The van der Waals surface area contributed by atoms with Gasteiger partial charge in [-0.05, 0) is 43.0 Å². The third-order valence-electron chi connectivity index (χ3n) is 3.13. The Balaban J connectivity index is 1.66. The Labute approximate surface area is 118 Å². The maximum Gasteiger partial charge on any atom is 0.316 e. The normalized spacial score (nSPS) is 13.8. The van der Waals surface area contributed by atoms with Crippen molar-refractivity contribution in [2.24, 2.45) is 11.7 Å². The van der Waals surface area contributed by atoms with Gasteiger partial charge >= 0.3 is 6.03 Å². The topological polar surface area (TPSA) is 96.2 Å². The van der Waals surface area contributed by atoms with Gasteiger partial charge in [-0.25, -0.2) is 4.79 Å². The minimum Gasteiger partial charge on any atom is -0.351 e. The summed E-state index contributed by atoms with van der Waals surface area (Å²) in [7, 11) is 0. The summed E-state index contributed by atoms with van der Waals surface area (Å²) in [6.45, 7) is 1.76. The number of hydrogen-bond acceptors (Lipinski definition) is 3. The quantitative estimate of drug-likeness (QED) is 0.593. The van der Waals surface area contributed by atoms with Gasteiger partial charge in [-0.2, -0.15) is 0 Å². The second-order valence-electron chi connectivity index (χ2n) is 5.04. The van der Waals surface area contributed by atoms with Crippen LogP contribution in [0.15, 0.2) is 24.3 Å². The van der Waals surface area contributed by atoms with Crippen LogP contribution in [0.2, 0.25) is 0 Å². The van der Waals surface area contributed by atoms with Crippen LogP contribution in [0.1, 0.15) is 18.4 Å². The van der Waals surface area contributed by atoms with Gasteiger partial charge in [0.25, 0.3) is 0 Å². The molecular formula is C14H20N4O2. The average molecular weight is 276 g/mol. The first-order valence-corrected chi connectivity index (χ1v) is 6.76. The maximum absolute atomic E-state index is 11.6. The number of anilines is 1. The van der Waals surface area contributed by atoms with Crippen LogP contribution >= 0.6 is 0 Å². The highest BCUT2D eigenvalue weighted by Crippen LogP contribution is 2.27. The fourth-order valence-corrected chi connectivity index (χ4v) is 1.82. The molecule has 20 heavy (non-hydrogen) atoms. The molecule has 1 aromatic carbocycles. The minimum absolute atomic E-state index is 0.00927. The average Bonchev–Trinajstić information content (AvgIpc) is 3.21. The fraction of sp³-hybridized carbons (Fsp3) is 0.429. The number of benzene rings is 1. The van der Waals surface area contributed by atoms with Gasteiger partial charge in [-0.3, -0.25) is 4.79 Å². The predicted octanol–water partition coefficient (Wildman–Crippen LogP) is 0.793. The number of carbonyl (C=O) groups excluding carboxylic acids is 2. The van der Waals surface area contributed by atoms with E-state index in [1.165, 1.54) is 12.8 Å². The van der Waals surface area contributed by atoms with E-state index in [2.05, 4.69) is 16.0 Å². The molecule has 0 aromatic heterocycles. The van der Waals surface area contributed by atoms with Gasteiger partial charge < -0.3 is 21.7 Å². The van der Waals surface area contributed by atoms with Crippen LogP contribution in [0.4, 0.5) is 10.5 Å². The van der Waals surface area contributed by atoms with Crippen LogP contribution in [0.25, 0.3) is 0 Å². The number of primary amides is 1. The first-order chi connectivity index (χ1) is 9.63. The number of nitrogens with one attached hydrogen (secondary N) is 3. The molecule has 6 heteroatoms. The van der Waals surface area contributed by atoms with Gasteiger partial charge in [0, 0.05) is 12.2 Å². The zero-order valence-corrected chi connectivity index (χ0v) is 11.3. The second kappa shape index (κ2) is 6.91. The molecule has 6 nitrogen and oxygen atoms in total. The lowest BCUT2D eigenvalue weighted by Crippen LogP contribution is -2.34. The third-order valence-corrected chi connectivity index (χ3v) is 3.13. The van der Waals surface area contributed by atoms with Crippen molar-refractivity contribution in [3.05, 3.63) is 29.8 Å². The van der Waals surface area contributed by atoms with E-state index in [1.54, 1.807) is 12.1 Å². The molecule has 0 bridgehead atoms. The van der Waals surface area contributed by atoms with E-state index in [4.69, 9.17) is 5.73 Å². The molecule has 1 aliphatic carbocycles. The third kappa shape index (κ3) is 5.27. The number of nitrogens with two attached hydrogens (primary N) is 1. The van der Waals surface area contributed by atoms with Crippen LogP contribution < -0.4 is 21.7 Å². The summed E-state index contributed by atoms with van der Waals surface area (Å²) in [4.78, 5) is 22.3. The Morgan fingerprint density at radius 1 is 1.20 bits per heavy atom. The first kappa shape index (κ1) is 14.3. The summed E-state index contributed by atoms with van der Waals surface area (Å²) < 4.78 is 0. The SMILES string of the molecule is NC(=O)Nc1ccc(CNC(=O)CNCC2CC2)cc1. The van der Waals surface area contributed by atoms with Crippen molar-refractivity contribution in [2.75, 3.05) is 18.4 Å². The highest BCUT2D eigenvalue weighted by molar-refractivity contribution is 5.87. The summed E-state index contributed by atoms with van der Waals surface area (Å²) in [6.07, 6.45) is 2.56. The Kier molecular flexibility index (Phi) is 4.95. The molecule has 1 saturated carbocycles. The molecule has 0 radical (unpaired) electrons. The Bertz CT molecular complexity index is 469. The summed E-state index contributed by atoms with van der Waals surface area (Å²) >= 11 is 0. The molecule has 0 unspecified atom stereocenters. The van der Waals surface area contributed by atoms with Crippen LogP contribution in [0.3, 0.4) is 0 Å². The standard InChI is InChI=1S/C14H20N4O2/c15-14(20)18-12-5-3-11(4-6-12)8-17-13(19)9-16-7-10-1-2-10/h3-6,10,16H,1-2,7-9H2,(H,17,19)(H3,15,18,20). The number of urea groups is 1. The lowest BCUT2D eigenvalue weighted by atomic mass is 10.2. The number of carbonyl (C=O) groups is 2. The molecule has 1 aliphatic rings. The summed E-state index contributed by atoms with van der Waals surface area (Å²) in [5, 5.41) is 8.46. The lowest BCUT2D eigenvalue weighted by molar-refractivity contribution is -0.120. The van der Waals surface area contributed by atoms with Crippen LogP contribution in [-0.2, 0) is 11.3 Å². The summed E-state index contributed by atoms with van der Waals surface area (Å²) in [5.41, 5.74) is 6.62. The first-order valence-electron chi connectivity index (χ1n) is 6.76. The molecule has 0 atom stereocenters. The molecule has 2 rings (SSSR count). The van der Waals surface area contributed by atoms with Crippen molar-refractivity contribution in [2.45, 2.75) is 19.4 Å². The molecule has 0 heterocycles. The number of hydrogen-bond donors (Lipinski definition) is 4. The van der Waals surface area contributed by atoms with E-state index < -0.39 is 6.03 Å². The van der Waals surface area contributed by atoms with E-state index in [-0.39, 0.29) is 5.91 Å². The smallest absolute Gasteiger partial charge is 0.316 e. The lowest BCUT2D eigenvalue weighted by Gasteiger charge is -2.07. The monoisotopic (exact) mass is 276 g/mol. The molecule has 0 aliphatic heterocycles. The van der Waals surface area contributed by atoms with Gasteiger partial charge in [0.2, 0.25) is 5.91 Å². The molecule has 1 aromatic rings. The summed E-state index contributed by atoms with van der Waals surface area (Å²) in [6, 6.07) is 6.58. The highest BCUT2D eigenvalue weighted by atomic mass is 16.2. The Morgan fingerprint density at radius 2 is 1.90 bits per heavy atom. The van der Waals surface area contributed by atoms with Gasteiger partial charge in [0.05, 0.1) is 6.54 Å². The largest absolute Gasteiger partial charge is 0.351 e. The molecule has 5 N–H and O–H groups in total. The van der Waals surface area contributed by atoms with Gasteiger partial charge in [0.15, 0.2) is 0 Å². The van der Waals surface area contributed by atoms with E-state index in [9.17, 15) is 9.59 Å². The van der Waals surface area contributed by atoms with Gasteiger partial charge in [-0.15, -0.1) is 0 Å². The second-order valence-corrected chi connectivity index (χ2v) is 5.04. The van der Waals surface area contributed by atoms with Gasteiger partial charge in [-0.1, -0.05) is 12.1 Å². The Hall–Kier alpha value is -2.08. The van der Waals surface area contributed by atoms with E-state index in [1.807, 2.05) is 12.1 Å². The van der Waals surface area contributed by atoms with Crippen molar-refractivity contribution in [3.8, 4) is 0 Å². The van der Waals surface area contributed by atoms with Crippen molar-refractivity contribution in [3.63, 3.8) is 0 Å². The Morgan fingerprint density at radius 3 is 2.50 bits per heavy atom. The minimum atomic E-state index is -0.590.